The van der Waals surface area contributed by atoms with Crippen LogP contribution in [0.4, 0.5) is 0 Å². The molecule has 1 fully saturated rings. The maximum atomic E-state index is 12.5. The molecule has 2 aliphatic heterocycles. The SMILES string of the molecule is O=C1NCC2(CCCNC2)c2[nH]c(-c3ccnc(-c4cccnc4)n3)cc21. The topological polar surface area (TPSA) is 95.6 Å². The van der Waals surface area contributed by atoms with Gasteiger partial charge >= 0.3 is 0 Å². The van der Waals surface area contributed by atoms with Gasteiger partial charge in [-0.3, -0.25) is 9.78 Å². The summed E-state index contributed by atoms with van der Waals surface area (Å²) in [4.78, 5) is 29.1. The number of carbonyl (C=O) groups is 1. The van der Waals surface area contributed by atoms with E-state index in [9.17, 15) is 4.79 Å². The van der Waals surface area contributed by atoms with Gasteiger partial charge in [-0.25, -0.2) is 9.97 Å². The molecule has 3 aromatic rings. The molecule has 1 saturated heterocycles. The Kier molecular flexibility index (Phi) is 3.75. The highest BCUT2D eigenvalue weighted by atomic mass is 16.1. The Morgan fingerprint density at radius 3 is 2.93 bits per heavy atom. The standard InChI is InChI=1S/C20H20N6O/c27-19-14-9-16(25-17(14)20(12-24-19)5-2-7-22-11-20)15-4-8-23-18(26-15)13-3-1-6-21-10-13/h1,3-4,6,8-10,22,25H,2,5,7,11-12H2,(H,24,27). The van der Waals surface area contributed by atoms with Crippen LogP contribution in [0.5, 0.6) is 0 Å². The molecule has 5 rings (SSSR count). The molecule has 27 heavy (non-hydrogen) atoms. The summed E-state index contributed by atoms with van der Waals surface area (Å²) in [6.07, 6.45) is 7.36. The molecule has 0 aliphatic carbocycles. The Hall–Kier alpha value is -3.06. The van der Waals surface area contributed by atoms with Crippen LogP contribution < -0.4 is 10.6 Å². The van der Waals surface area contributed by atoms with Gasteiger partial charge in [0.15, 0.2) is 5.82 Å². The van der Waals surface area contributed by atoms with Crippen molar-refractivity contribution in [1.29, 1.82) is 0 Å². The first-order chi connectivity index (χ1) is 13.3. The minimum Gasteiger partial charge on any atom is -0.356 e. The molecule has 0 aromatic carbocycles. The van der Waals surface area contributed by atoms with Crippen LogP contribution in [0.1, 0.15) is 28.9 Å². The highest BCUT2D eigenvalue weighted by molar-refractivity contribution is 5.98. The summed E-state index contributed by atoms with van der Waals surface area (Å²) < 4.78 is 0. The van der Waals surface area contributed by atoms with E-state index in [4.69, 9.17) is 0 Å². The van der Waals surface area contributed by atoms with Gasteiger partial charge in [0, 0.05) is 48.4 Å². The fourth-order valence-corrected chi connectivity index (χ4v) is 4.10. The predicted molar refractivity (Wildman–Crippen MR) is 101 cm³/mol. The summed E-state index contributed by atoms with van der Waals surface area (Å²) in [6.45, 7) is 2.56. The summed E-state index contributed by atoms with van der Waals surface area (Å²) in [7, 11) is 0. The van der Waals surface area contributed by atoms with E-state index >= 15 is 0 Å². The molecule has 1 amide bonds. The van der Waals surface area contributed by atoms with E-state index in [0.717, 1.165) is 54.1 Å². The van der Waals surface area contributed by atoms with Gasteiger partial charge in [0.25, 0.3) is 5.91 Å². The highest BCUT2D eigenvalue weighted by Gasteiger charge is 2.42. The second kappa shape index (κ2) is 6.28. The zero-order valence-corrected chi connectivity index (χ0v) is 14.8. The number of H-pyrrole nitrogens is 1. The van der Waals surface area contributed by atoms with Crippen molar-refractivity contribution in [1.82, 2.24) is 30.6 Å². The number of nitrogens with zero attached hydrogens (tertiary/aromatic N) is 3. The molecule has 0 radical (unpaired) electrons. The van der Waals surface area contributed by atoms with Crippen molar-refractivity contribution in [2.45, 2.75) is 18.3 Å². The first kappa shape index (κ1) is 16.1. The van der Waals surface area contributed by atoms with E-state index in [-0.39, 0.29) is 11.3 Å². The third kappa shape index (κ3) is 2.71. The molecule has 3 N–H and O–H groups in total. The average Bonchev–Trinajstić information content (AvgIpc) is 3.20. The number of fused-ring (bicyclic) bond motifs is 2. The highest BCUT2D eigenvalue weighted by Crippen LogP contribution is 2.37. The second-order valence-electron chi connectivity index (χ2n) is 7.22. The van der Waals surface area contributed by atoms with Crippen LogP contribution in [0.3, 0.4) is 0 Å². The summed E-state index contributed by atoms with van der Waals surface area (Å²) in [5, 5.41) is 6.54. The van der Waals surface area contributed by atoms with Crippen LogP contribution in [-0.2, 0) is 5.41 Å². The summed E-state index contributed by atoms with van der Waals surface area (Å²) in [5.41, 5.74) is 4.15. The number of amides is 1. The molecule has 2 aliphatic rings. The lowest BCUT2D eigenvalue weighted by Crippen LogP contribution is -2.54. The van der Waals surface area contributed by atoms with E-state index < -0.39 is 0 Å². The lowest BCUT2D eigenvalue weighted by molar-refractivity contribution is 0.0915. The number of aromatic amines is 1. The fourth-order valence-electron chi connectivity index (χ4n) is 4.10. The molecule has 7 nitrogen and oxygen atoms in total. The van der Waals surface area contributed by atoms with Crippen molar-refractivity contribution in [2.24, 2.45) is 0 Å². The number of hydrogen-bond acceptors (Lipinski definition) is 5. The number of rotatable bonds is 2. The van der Waals surface area contributed by atoms with Crippen molar-refractivity contribution in [3.05, 3.63) is 54.1 Å². The lowest BCUT2D eigenvalue weighted by atomic mass is 9.74. The summed E-state index contributed by atoms with van der Waals surface area (Å²) >= 11 is 0. The van der Waals surface area contributed by atoms with Gasteiger partial charge in [-0.05, 0) is 43.7 Å². The van der Waals surface area contributed by atoms with Crippen molar-refractivity contribution in [3.8, 4) is 22.8 Å². The molecule has 5 heterocycles. The molecular formula is C20H20N6O. The van der Waals surface area contributed by atoms with Gasteiger partial charge in [0.05, 0.1) is 17.0 Å². The number of piperidine rings is 1. The van der Waals surface area contributed by atoms with Gasteiger partial charge < -0.3 is 15.6 Å². The van der Waals surface area contributed by atoms with E-state index in [2.05, 4.69) is 30.6 Å². The maximum absolute atomic E-state index is 12.5. The summed E-state index contributed by atoms with van der Waals surface area (Å²) in [5.74, 6) is 0.594. The van der Waals surface area contributed by atoms with Gasteiger partial charge in [-0.2, -0.15) is 0 Å². The second-order valence-corrected chi connectivity index (χ2v) is 7.22. The van der Waals surface area contributed by atoms with Gasteiger partial charge in [-0.1, -0.05) is 0 Å². The Bertz CT molecular complexity index is 991. The van der Waals surface area contributed by atoms with Crippen LogP contribution in [0.2, 0.25) is 0 Å². The minimum absolute atomic E-state index is 0.0229. The zero-order chi connectivity index (χ0) is 18.3. The van der Waals surface area contributed by atoms with Crippen molar-refractivity contribution in [3.63, 3.8) is 0 Å². The number of carbonyl (C=O) groups excluding carboxylic acids is 1. The van der Waals surface area contributed by atoms with Gasteiger partial charge in [0.1, 0.15) is 0 Å². The van der Waals surface area contributed by atoms with Crippen LogP contribution >= 0.6 is 0 Å². The number of hydrogen-bond donors (Lipinski definition) is 3. The van der Waals surface area contributed by atoms with Crippen LogP contribution in [0.25, 0.3) is 22.8 Å². The predicted octanol–water partition coefficient (Wildman–Crippen LogP) is 1.90. The van der Waals surface area contributed by atoms with Crippen molar-refractivity contribution in [2.75, 3.05) is 19.6 Å². The molecule has 1 spiro atoms. The largest absolute Gasteiger partial charge is 0.356 e. The molecular weight excluding hydrogens is 340 g/mol. The molecule has 1 unspecified atom stereocenters. The number of nitrogens with one attached hydrogen (secondary N) is 3. The number of aromatic nitrogens is 4. The Labute approximate surface area is 156 Å². The Morgan fingerprint density at radius 2 is 2.11 bits per heavy atom. The van der Waals surface area contributed by atoms with E-state index in [0.29, 0.717) is 12.4 Å². The zero-order valence-electron chi connectivity index (χ0n) is 14.8. The van der Waals surface area contributed by atoms with E-state index in [1.54, 1.807) is 18.6 Å². The summed E-state index contributed by atoms with van der Waals surface area (Å²) in [6, 6.07) is 7.57. The lowest BCUT2D eigenvalue weighted by Gasteiger charge is -2.40. The van der Waals surface area contributed by atoms with Crippen LogP contribution in [0.15, 0.2) is 42.9 Å². The molecule has 136 valence electrons. The third-order valence-corrected chi connectivity index (χ3v) is 5.50. The molecule has 7 heteroatoms. The third-order valence-electron chi connectivity index (χ3n) is 5.50. The van der Waals surface area contributed by atoms with Crippen LogP contribution in [0, 0.1) is 0 Å². The van der Waals surface area contributed by atoms with Crippen molar-refractivity contribution >= 4 is 5.91 Å². The Morgan fingerprint density at radius 1 is 1.15 bits per heavy atom. The van der Waals surface area contributed by atoms with Crippen LogP contribution in [-0.4, -0.2) is 45.5 Å². The number of pyridine rings is 1. The average molecular weight is 360 g/mol. The molecule has 3 aromatic heterocycles. The van der Waals surface area contributed by atoms with Gasteiger partial charge in [-0.15, -0.1) is 0 Å². The smallest absolute Gasteiger partial charge is 0.253 e. The molecule has 0 saturated carbocycles. The fraction of sp³-hybridized carbons (Fsp3) is 0.300. The minimum atomic E-state index is -0.0705. The van der Waals surface area contributed by atoms with Crippen molar-refractivity contribution < 1.29 is 4.79 Å². The molecule has 0 bridgehead atoms. The first-order valence-electron chi connectivity index (χ1n) is 9.21. The van der Waals surface area contributed by atoms with Gasteiger partial charge in [0.2, 0.25) is 0 Å². The first-order valence-corrected chi connectivity index (χ1v) is 9.21. The molecule has 1 atom stereocenters. The monoisotopic (exact) mass is 360 g/mol. The van der Waals surface area contributed by atoms with E-state index in [1.165, 1.54) is 0 Å². The van der Waals surface area contributed by atoms with E-state index in [1.807, 2.05) is 24.3 Å². The normalized spacial score (nSPS) is 21.7. The maximum Gasteiger partial charge on any atom is 0.253 e. The quantitative estimate of drug-likeness (QED) is 0.649. The Balaban J connectivity index is 1.58.